The molecule has 2 rings (SSSR count). The van der Waals surface area contributed by atoms with Gasteiger partial charge in [0, 0.05) is 0 Å². The highest BCUT2D eigenvalue weighted by atomic mass is 16.5. The summed E-state index contributed by atoms with van der Waals surface area (Å²) in [5.41, 5.74) is 3.31. The number of aromatic hydroxyl groups is 1. The van der Waals surface area contributed by atoms with Crippen molar-refractivity contribution in [1.29, 1.82) is 0 Å². The van der Waals surface area contributed by atoms with E-state index in [0.29, 0.717) is 17.3 Å². The first-order valence-electron chi connectivity index (χ1n) is 5.02. The smallest absolute Gasteiger partial charge is 0.263 e. The van der Waals surface area contributed by atoms with Crippen LogP contribution in [0, 0.1) is 0 Å². The van der Waals surface area contributed by atoms with E-state index in [0.717, 1.165) is 0 Å². The number of phenolic OH excluding ortho intramolecular Hbond substituents is 1. The van der Waals surface area contributed by atoms with Crippen LogP contribution < -0.4 is 16.0 Å². The molecule has 8 heteroatoms. The average Bonchev–Trinajstić information content (AvgIpc) is 2.75. The lowest BCUT2D eigenvalue weighted by Gasteiger charge is -2.03. The van der Waals surface area contributed by atoms with Crippen molar-refractivity contribution < 1.29 is 9.84 Å². The quantitative estimate of drug-likeness (QED) is 0.403. The van der Waals surface area contributed by atoms with Crippen molar-refractivity contribution in [2.24, 2.45) is 5.10 Å². The van der Waals surface area contributed by atoms with Crippen LogP contribution in [0.2, 0.25) is 0 Å². The maximum atomic E-state index is 9.57. The lowest BCUT2D eigenvalue weighted by Crippen LogP contribution is -2.10. The molecule has 0 atom stereocenters. The minimum Gasteiger partial charge on any atom is -0.504 e. The summed E-state index contributed by atoms with van der Waals surface area (Å²) < 4.78 is 6.13. The van der Waals surface area contributed by atoms with Crippen molar-refractivity contribution in [2.75, 3.05) is 18.4 Å². The second-order valence-corrected chi connectivity index (χ2v) is 3.36. The summed E-state index contributed by atoms with van der Waals surface area (Å²) in [6, 6.07) is 4.91. The van der Waals surface area contributed by atoms with Crippen LogP contribution in [0.15, 0.2) is 29.6 Å². The Bertz CT molecular complexity index is 565. The zero-order chi connectivity index (χ0) is 13.0. The number of rotatable bonds is 4. The van der Waals surface area contributed by atoms with E-state index in [9.17, 15) is 5.11 Å². The second-order valence-electron chi connectivity index (χ2n) is 3.36. The molecule has 0 spiro atoms. The van der Waals surface area contributed by atoms with Gasteiger partial charge in [-0.05, 0) is 23.8 Å². The third-order valence-electron chi connectivity index (χ3n) is 2.15. The molecule has 0 saturated heterocycles. The van der Waals surface area contributed by atoms with Crippen molar-refractivity contribution in [1.82, 2.24) is 14.9 Å². The number of anilines is 1. The third kappa shape index (κ3) is 2.48. The number of nitrogens with two attached hydrogens (primary N) is 1. The zero-order valence-corrected chi connectivity index (χ0v) is 9.61. The van der Waals surface area contributed by atoms with E-state index < -0.39 is 0 Å². The van der Waals surface area contributed by atoms with Gasteiger partial charge in [0.05, 0.1) is 13.3 Å². The van der Waals surface area contributed by atoms with Gasteiger partial charge in [-0.3, -0.25) is 0 Å². The van der Waals surface area contributed by atoms with E-state index in [1.807, 2.05) is 0 Å². The number of benzene rings is 1. The molecule has 0 saturated carbocycles. The highest BCUT2D eigenvalue weighted by Gasteiger charge is 2.01. The molecular weight excluding hydrogens is 236 g/mol. The summed E-state index contributed by atoms with van der Waals surface area (Å²) in [5, 5.41) is 20.7. The number of hydrogen-bond donors (Lipinski definition) is 3. The molecule has 94 valence electrons. The molecule has 0 unspecified atom stereocenters. The predicted octanol–water partition coefficient (Wildman–Crippen LogP) is 0.152. The number of nitrogens with zero attached hydrogens (tertiary/aromatic N) is 4. The van der Waals surface area contributed by atoms with E-state index in [1.54, 1.807) is 12.1 Å². The van der Waals surface area contributed by atoms with Crippen molar-refractivity contribution in [2.45, 2.75) is 0 Å². The number of nitrogen functional groups attached to an aromatic ring is 1. The van der Waals surface area contributed by atoms with Crippen LogP contribution in [0.1, 0.15) is 5.56 Å². The van der Waals surface area contributed by atoms with Gasteiger partial charge in [-0.25, -0.2) is 10.1 Å². The van der Waals surface area contributed by atoms with Gasteiger partial charge >= 0.3 is 0 Å². The molecule has 0 aliphatic rings. The standard InChI is InChI=1S/C10H12N6O2/c1-18-9-3-2-7(4-8(9)17)5-12-14-10-15-13-6-16(10)11/h2-6,17H,11H2,1H3,(H,14,15). The monoisotopic (exact) mass is 248 g/mol. The summed E-state index contributed by atoms with van der Waals surface area (Å²) in [5.74, 6) is 6.24. The number of hydrazone groups is 1. The Morgan fingerprint density at radius 1 is 1.56 bits per heavy atom. The first-order valence-corrected chi connectivity index (χ1v) is 5.02. The highest BCUT2D eigenvalue weighted by Crippen LogP contribution is 2.25. The predicted molar refractivity (Wildman–Crippen MR) is 66.0 cm³/mol. The van der Waals surface area contributed by atoms with Crippen LogP contribution in [0.3, 0.4) is 0 Å². The minimum atomic E-state index is 0.0449. The summed E-state index contributed by atoms with van der Waals surface area (Å²) in [6.07, 6.45) is 2.85. The van der Waals surface area contributed by atoms with E-state index >= 15 is 0 Å². The number of methoxy groups -OCH3 is 1. The van der Waals surface area contributed by atoms with Crippen molar-refractivity contribution in [3.63, 3.8) is 0 Å². The molecule has 1 heterocycles. The summed E-state index contributed by atoms with van der Waals surface area (Å²) in [6.45, 7) is 0. The Kier molecular flexibility index (Phi) is 3.28. The first-order chi connectivity index (χ1) is 8.70. The van der Waals surface area contributed by atoms with Gasteiger partial charge in [0.2, 0.25) is 0 Å². The number of nitrogens with one attached hydrogen (secondary N) is 1. The molecule has 0 bridgehead atoms. The number of hydrogen-bond acceptors (Lipinski definition) is 7. The summed E-state index contributed by atoms with van der Waals surface area (Å²) in [7, 11) is 1.48. The third-order valence-corrected chi connectivity index (χ3v) is 2.15. The number of phenols is 1. The van der Waals surface area contributed by atoms with Gasteiger partial charge in [-0.2, -0.15) is 5.10 Å². The van der Waals surface area contributed by atoms with Gasteiger partial charge < -0.3 is 15.7 Å². The summed E-state index contributed by atoms with van der Waals surface area (Å²) >= 11 is 0. The molecule has 1 aromatic heterocycles. The lowest BCUT2D eigenvalue weighted by molar-refractivity contribution is 0.373. The maximum absolute atomic E-state index is 9.57. The fourth-order valence-corrected chi connectivity index (χ4v) is 1.27. The topological polar surface area (TPSA) is 111 Å². The van der Waals surface area contributed by atoms with Gasteiger partial charge in [0.1, 0.15) is 6.33 Å². The van der Waals surface area contributed by atoms with E-state index in [4.69, 9.17) is 10.6 Å². The zero-order valence-electron chi connectivity index (χ0n) is 9.61. The number of ether oxygens (including phenoxy) is 1. The van der Waals surface area contributed by atoms with E-state index in [-0.39, 0.29) is 5.75 Å². The molecule has 8 nitrogen and oxygen atoms in total. The largest absolute Gasteiger partial charge is 0.504 e. The van der Waals surface area contributed by atoms with Crippen LogP contribution in [-0.2, 0) is 0 Å². The molecule has 4 N–H and O–H groups in total. The molecule has 0 amide bonds. The molecule has 18 heavy (non-hydrogen) atoms. The highest BCUT2D eigenvalue weighted by molar-refractivity contribution is 5.81. The van der Waals surface area contributed by atoms with Crippen LogP contribution in [0.25, 0.3) is 0 Å². The molecule has 2 aromatic rings. The molecular formula is C10H12N6O2. The molecule has 0 fully saturated rings. The normalized spacial score (nSPS) is 10.7. The van der Waals surface area contributed by atoms with Gasteiger partial charge in [0.25, 0.3) is 5.95 Å². The fraction of sp³-hybridized carbons (Fsp3) is 0.100. The molecule has 0 aliphatic carbocycles. The average molecular weight is 248 g/mol. The SMILES string of the molecule is COc1ccc(C=NNc2nncn2N)cc1O. The Morgan fingerprint density at radius 2 is 2.39 bits per heavy atom. The van der Waals surface area contributed by atoms with E-state index in [2.05, 4.69) is 20.7 Å². The Labute approximate surface area is 103 Å². The first kappa shape index (κ1) is 11.7. The van der Waals surface area contributed by atoms with Gasteiger partial charge in [0.15, 0.2) is 11.5 Å². The molecule has 0 aliphatic heterocycles. The van der Waals surface area contributed by atoms with Crippen molar-refractivity contribution >= 4 is 12.2 Å². The van der Waals surface area contributed by atoms with Gasteiger partial charge in [-0.1, -0.05) is 0 Å². The van der Waals surface area contributed by atoms with Crippen LogP contribution in [-0.4, -0.2) is 33.3 Å². The van der Waals surface area contributed by atoms with Crippen LogP contribution >= 0.6 is 0 Å². The fourth-order valence-electron chi connectivity index (χ4n) is 1.27. The molecule has 0 radical (unpaired) electrons. The van der Waals surface area contributed by atoms with Crippen molar-refractivity contribution in [3.05, 3.63) is 30.1 Å². The maximum Gasteiger partial charge on any atom is 0.263 e. The Morgan fingerprint density at radius 3 is 3.00 bits per heavy atom. The van der Waals surface area contributed by atoms with Crippen LogP contribution in [0.4, 0.5) is 5.95 Å². The Balaban J connectivity index is 2.05. The second kappa shape index (κ2) is 5.04. The Hall–Kier alpha value is -2.77. The summed E-state index contributed by atoms with van der Waals surface area (Å²) in [4.78, 5) is 0. The lowest BCUT2D eigenvalue weighted by atomic mass is 10.2. The van der Waals surface area contributed by atoms with Gasteiger partial charge in [-0.15, -0.1) is 10.2 Å². The molecule has 1 aromatic carbocycles. The van der Waals surface area contributed by atoms with Crippen molar-refractivity contribution in [3.8, 4) is 11.5 Å². The van der Waals surface area contributed by atoms with Crippen LogP contribution in [0.5, 0.6) is 11.5 Å². The number of aromatic nitrogens is 3. The minimum absolute atomic E-state index is 0.0449. The van der Waals surface area contributed by atoms with E-state index in [1.165, 1.54) is 30.4 Å².